The maximum absolute atomic E-state index is 11.4. The molecule has 5 aliphatic rings. The quantitative estimate of drug-likeness (QED) is 0.117. The number of carbonyl (C=O) groups excluding carboxylic acids is 2. The van der Waals surface area contributed by atoms with Crippen LogP contribution >= 0.6 is 0 Å². The molecule has 8 atom stereocenters. The molecular formula is C38H70N4Na2O6. The molecule has 5 rings (SSSR count). The number of nitrogens with zero attached hydrogens (tertiary/aromatic N) is 4. The first-order valence-electron chi connectivity index (χ1n) is 19.6. The van der Waals surface area contributed by atoms with E-state index in [9.17, 15) is 19.8 Å². The number of carbonyl (C=O) groups is 2. The third-order valence-corrected chi connectivity index (χ3v) is 14.1. The number of quaternary nitrogens is 2. The van der Waals surface area contributed by atoms with Gasteiger partial charge in [0.25, 0.3) is 0 Å². The molecule has 10 nitrogen and oxygen atoms in total. The van der Waals surface area contributed by atoms with Crippen molar-refractivity contribution in [2.75, 3.05) is 91.6 Å². The second kappa shape index (κ2) is 22.3. The number of hydrogen-bond acceptors (Lipinski definition) is 8. The Hall–Kier alpha value is 0.700. The van der Waals surface area contributed by atoms with E-state index in [1.165, 1.54) is 126 Å². The minimum Gasteiger partial charge on any atom is -0.870 e. The molecule has 0 aliphatic carbocycles. The van der Waals surface area contributed by atoms with Crippen LogP contribution in [0.15, 0.2) is 0 Å². The second-order valence-electron chi connectivity index (χ2n) is 17.1. The summed E-state index contributed by atoms with van der Waals surface area (Å²) < 4.78 is 2.72. The van der Waals surface area contributed by atoms with Crippen molar-refractivity contribution < 1.29 is 98.8 Å². The number of likely N-dealkylation sites (tertiary alicyclic amines) is 2. The Labute approximate surface area is 348 Å². The van der Waals surface area contributed by atoms with Gasteiger partial charge >= 0.3 is 59.1 Å². The van der Waals surface area contributed by atoms with Gasteiger partial charge in [-0.2, -0.15) is 0 Å². The van der Waals surface area contributed by atoms with Crippen LogP contribution in [0.1, 0.15) is 91.9 Å². The third-order valence-electron chi connectivity index (χ3n) is 14.1. The van der Waals surface area contributed by atoms with E-state index in [1.54, 1.807) is 0 Å². The van der Waals surface area contributed by atoms with Crippen LogP contribution in [-0.2, 0) is 9.59 Å². The van der Waals surface area contributed by atoms with Crippen LogP contribution in [-0.4, -0.2) is 133 Å². The van der Waals surface area contributed by atoms with Crippen molar-refractivity contribution in [1.29, 1.82) is 0 Å². The molecule has 0 aromatic carbocycles. The zero-order valence-corrected chi connectivity index (χ0v) is 36.9. The van der Waals surface area contributed by atoms with E-state index >= 15 is 0 Å². The summed E-state index contributed by atoms with van der Waals surface area (Å²) in [6.45, 7) is 24.1. The molecule has 0 radical (unpaired) electrons. The summed E-state index contributed by atoms with van der Waals surface area (Å²) in [6, 6.07) is 0. The normalized spacial score (nSPS) is 36.9. The Balaban J connectivity index is 0.00000312. The third kappa shape index (κ3) is 12.4. The summed E-state index contributed by atoms with van der Waals surface area (Å²) in [5.74, 6) is 3.88. The van der Waals surface area contributed by atoms with Crippen molar-refractivity contribution in [3.05, 3.63) is 0 Å². The Morgan fingerprint density at radius 2 is 0.780 bits per heavy atom. The summed E-state index contributed by atoms with van der Waals surface area (Å²) in [5.41, 5.74) is 0. The van der Waals surface area contributed by atoms with E-state index in [0.29, 0.717) is 23.7 Å². The molecule has 2 spiro atoms. The maximum Gasteiger partial charge on any atom is 1.00 e. The molecule has 0 saturated carbocycles. The molecule has 2 N–H and O–H groups in total. The molecular weight excluding hydrogens is 654 g/mol. The predicted molar refractivity (Wildman–Crippen MR) is 183 cm³/mol. The van der Waals surface area contributed by atoms with Gasteiger partial charge in [0.05, 0.1) is 38.1 Å². The molecule has 0 aromatic rings. The summed E-state index contributed by atoms with van der Waals surface area (Å²) >= 11 is 0. The average Bonchev–Trinajstić information content (AvgIpc) is 3.76. The monoisotopic (exact) mass is 725 g/mol. The Morgan fingerprint density at radius 3 is 1.06 bits per heavy atom. The molecule has 5 aliphatic heterocycles. The molecule has 12 heteroatoms. The summed E-state index contributed by atoms with van der Waals surface area (Å²) in [4.78, 5) is 27.1. The van der Waals surface area contributed by atoms with Crippen LogP contribution in [0.25, 0.3) is 0 Å². The maximum atomic E-state index is 11.4. The van der Waals surface area contributed by atoms with Crippen molar-refractivity contribution in [3.63, 3.8) is 0 Å². The zero-order valence-electron chi connectivity index (χ0n) is 32.9. The van der Waals surface area contributed by atoms with E-state index < -0.39 is 11.9 Å². The minimum absolute atomic E-state index is 0. The largest absolute Gasteiger partial charge is 1.00 e. The molecule has 50 heavy (non-hydrogen) atoms. The zero-order chi connectivity index (χ0) is 32.9. The topological polar surface area (TPSA) is 147 Å². The molecule has 280 valence electrons. The van der Waals surface area contributed by atoms with Crippen LogP contribution in [0.4, 0.5) is 0 Å². The van der Waals surface area contributed by atoms with Gasteiger partial charge in [-0.05, 0) is 75.0 Å². The predicted octanol–water partition coefficient (Wildman–Crippen LogP) is -3.64. The summed E-state index contributed by atoms with van der Waals surface area (Å²) in [5, 5.41) is 22.8. The van der Waals surface area contributed by atoms with E-state index in [1.807, 2.05) is 0 Å². The van der Waals surface area contributed by atoms with E-state index in [-0.39, 0.29) is 83.2 Å². The SMILES string of the molecule is CCCC1CN(CC(=O)[O-])CC1CCC1C[N+]2(CC[N+]3(CC2)CC(CC)C(CC)C3)CC1CCC1CN(CC(=O)[O-])CC1CCC.[Na+].[Na+].[OH-].[OH-]. The van der Waals surface area contributed by atoms with Crippen LogP contribution < -0.4 is 69.3 Å². The molecule has 0 aromatic heterocycles. The average molecular weight is 725 g/mol. The first kappa shape index (κ1) is 48.7. The van der Waals surface area contributed by atoms with Crippen LogP contribution in [0, 0.1) is 47.3 Å². The number of hydrogen-bond donors (Lipinski definition) is 0. The Morgan fingerprint density at radius 1 is 0.500 bits per heavy atom. The first-order chi connectivity index (χ1) is 22.1. The fourth-order valence-electron chi connectivity index (χ4n) is 11.7. The Kier molecular flexibility index (Phi) is 21.7. The molecule has 5 heterocycles. The molecule has 0 amide bonds. The van der Waals surface area contributed by atoms with Crippen LogP contribution in [0.3, 0.4) is 0 Å². The Bertz CT molecular complexity index is 948. The van der Waals surface area contributed by atoms with Crippen molar-refractivity contribution in [1.82, 2.24) is 9.80 Å². The fraction of sp³-hybridized carbons (Fsp3) is 0.947. The van der Waals surface area contributed by atoms with Gasteiger partial charge < -0.3 is 39.7 Å². The van der Waals surface area contributed by atoms with Gasteiger partial charge in [0, 0.05) is 62.9 Å². The van der Waals surface area contributed by atoms with Gasteiger partial charge in [0.2, 0.25) is 0 Å². The minimum atomic E-state index is -0.941. The molecule has 0 bridgehead atoms. The van der Waals surface area contributed by atoms with E-state index in [0.717, 1.165) is 49.9 Å². The summed E-state index contributed by atoms with van der Waals surface area (Å²) in [6.07, 6.45) is 12.4. The van der Waals surface area contributed by atoms with Gasteiger partial charge in [-0.15, -0.1) is 0 Å². The molecule has 5 saturated heterocycles. The van der Waals surface area contributed by atoms with Crippen molar-refractivity contribution in [2.45, 2.75) is 91.9 Å². The number of rotatable bonds is 16. The van der Waals surface area contributed by atoms with Gasteiger partial charge in [0.1, 0.15) is 26.2 Å². The van der Waals surface area contributed by atoms with E-state index in [2.05, 4.69) is 37.5 Å². The van der Waals surface area contributed by atoms with Crippen LogP contribution in [0.5, 0.6) is 0 Å². The van der Waals surface area contributed by atoms with Crippen molar-refractivity contribution in [3.8, 4) is 0 Å². The summed E-state index contributed by atoms with van der Waals surface area (Å²) in [7, 11) is 0. The van der Waals surface area contributed by atoms with E-state index in [4.69, 9.17) is 0 Å². The molecule has 5 fully saturated rings. The van der Waals surface area contributed by atoms with Crippen molar-refractivity contribution in [2.24, 2.45) is 47.3 Å². The molecule has 8 unspecified atom stereocenters. The van der Waals surface area contributed by atoms with Gasteiger partial charge in [-0.3, -0.25) is 9.80 Å². The van der Waals surface area contributed by atoms with Gasteiger partial charge in [-0.25, -0.2) is 0 Å². The number of piperazine rings is 1. The second-order valence-corrected chi connectivity index (χ2v) is 17.1. The number of carboxylic acid groups (broad SMARTS) is 2. The van der Waals surface area contributed by atoms with Crippen LogP contribution in [0.2, 0.25) is 0 Å². The smallest absolute Gasteiger partial charge is 0.870 e. The number of carboxylic acids is 2. The van der Waals surface area contributed by atoms with Gasteiger partial charge in [-0.1, -0.05) is 40.5 Å². The first-order valence-corrected chi connectivity index (χ1v) is 19.6. The van der Waals surface area contributed by atoms with Crippen molar-refractivity contribution >= 4 is 11.9 Å². The number of aliphatic carboxylic acids is 2. The fourth-order valence-corrected chi connectivity index (χ4v) is 11.7. The van der Waals surface area contributed by atoms with Gasteiger partial charge in [0.15, 0.2) is 0 Å². The standard InChI is InChI=1S/C38H68N4O4.2Na.2H2O/c1-5-9-31-19-39(23-37(43)44)21-33(31)11-13-35-27-42(17-15-41(16-18-42)25-29(7-3)30(8-4)26-41)28-36(35)14-12-34-22-40(24-38(45)46)20-32(34)10-6-2;;;;/h29-36H,5-28H2,1-4H3;;;2*1H2/q;2*+1;;/p-2.